The second-order valence-corrected chi connectivity index (χ2v) is 4.47. The van der Waals surface area contributed by atoms with Crippen molar-refractivity contribution in [3.05, 3.63) is 47.0 Å². The fourth-order valence-corrected chi connectivity index (χ4v) is 1.91. The standard InChI is InChI=1S/C13H16FN3O/c1-4-17-12(8-15-16-17)13(3,18)10-6-5-9(2)11(14)7-10/h5-8,18H,4H2,1-3H3. The number of nitrogens with zero attached hydrogens (tertiary/aromatic N) is 3. The number of hydrogen-bond acceptors (Lipinski definition) is 3. The maximum atomic E-state index is 13.6. The molecule has 0 amide bonds. The predicted octanol–water partition coefficient (Wildman–Crippen LogP) is 2.00. The van der Waals surface area contributed by atoms with E-state index in [1.54, 1.807) is 30.7 Å². The van der Waals surface area contributed by atoms with Gasteiger partial charge in [-0.1, -0.05) is 17.3 Å². The van der Waals surface area contributed by atoms with E-state index < -0.39 is 5.60 Å². The van der Waals surface area contributed by atoms with E-state index >= 15 is 0 Å². The number of benzene rings is 1. The topological polar surface area (TPSA) is 50.9 Å². The highest BCUT2D eigenvalue weighted by Gasteiger charge is 2.30. The minimum absolute atomic E-state index is 0.330. The lowest BCUT2D eigenvalue weighted by molar-refractivity contribution is 0.0914. The SMILES string of the molecule is CCn1nncc1C(C)(O)c1ccc(C)c(F)c1. The molecule has 0 aliphatic heterocycles. The van der Waals surface area contributed by atoms with Crippen molar-refractivity contribution in [2.24, 2.45) is 0 Å². The molecule has 1 heterocycles. The fraction of sp³-hybridized carbons (Fsp3) is 0.385. The largest absolute Gasteiger partial charge is 0.379 e. The smallest absolute Gasteiger partial charge is 0.130 e. The van der Waals surface area contributed by atoms with Gasteiger partial charge in [0.15, 0.2) is 0 Å². The van der Waals surface area contributed by atoms with Gasteiger partial charge in [0.25, 0.3) is 0 Å². The average molecular weight is 249 g/mol. The molecule has 2 aromatic rings. The van der Waals surface area contributed by atoms with Gasteiger partial charge in [-0.2, -0.15) is 0 Å². The summed E-state index contributed by atoms with van der Waals surface area (Å²) in [4.78, 5) is 0. The normalized spacial score (nSPS) is 14.5. The van der Waals surface area contributed by atoms with Crippen LogP contribution in [0.2, 0.25) is 0 Å². The van der Waals surface area contributed by atoms with Crippen molar-refractivity contribution in [2.45, 2.75) is 32.9 Å². The summed E-state index contributed by atoms with van der Waals surface area (Å²) >= 11 is 0. The molecule has 96 valence electrons. The molecule has 0 fully saturated rings. The molecule has 0 bridgehead atoms. The van der Waals surface area contributed by atoms with Gasteiger partial charge in [-0.25, -0.2) is 9.07 Å². The summed E-state index contributed by atoms with van der Waals surface area (Å²) in [5.41, 5.74) is 0.279. The van der Waals surface area contributed by atoms with Crippen molar-refractivity contribution in [3.63, 3.8) is 0 Å². The van der Waals surface area contributed by atoms with Gasteiger partial charge < -0.3 is 5.11 Å². The van der Waals surface area contributed by atoms with E-state index in [9.17, 15) is 9.50 Å². The van der Waals surface area contributed by atoms with Gasteiger partial charge >= 0.3 is 0 Å². The van der Waals surface area contributed by atoms with Gasteiger partial charge in [0.05, 0.1) is 11.9 Å². The minimum Gasteiger partial charge on any atom is -0.379 e. The molecular formula is C13H16FN3O. The fourth-order valence-electron chi connectivity index (χ4n) is 1.91. The van der Waals surface area contributed by atoms with Crippen LogP contribution in [0.25, 0.3) is 0 Å². The molecule has 1 atom stereocenters. The van der Waals surface area contributed by atoms with Crippen molar-refractivity contribution < 1.29 is 9.50 Å². The van der Waals surface area contributed by atoms with E-state index in [0.29, 0.717) is 23.4 Å². The Kier molecular flexibility index (Phi) is 3.17. The molecule has 0 radical (unpaired) electrons. The molecule has 1 unspecified atom stereocenters. The number of aliphatic hydroxyl groups is 1. The third kappa shape index (κ3) is 2.01. The van der Waals surface area contributed by atoms with Crippen LogP contribution in [-0.4, -0.2) is 20.1 Å². The molecule has 4 nitrogen and oxygen atoms in total. The lowest BCUT2D eigenvalue weighted by Gasteiger charge is -2.24. The Bertz CT molecular complexity index is 563. The molecule has 0 saturated carbocycles. The van der Waals surface area contributed by atoms with Gasteiger partial charge in [0.1, 0.15) is 11.4 Å². The predicted molar refractivity (Wildman–Crippen MR) is 65.5 cm³/mol. The molecule has 0 saturated heterocycles. The Morgan fingerprint density at radius 3 is 2.78 bits per heavy atom. The van der Waals surface area contributed by atoms with E-state index in [2.05, 4.69) is 10.3 Å². The minimum atomic E-state index is -1.31. The van der Waals surface area contributed by atoms with Crippen molar-refractivity contribution in [3.8, 4) is 0 Å². The highest BCUT2D eigenvalue weighted by molar-refractivity contribution is 5.33. The van der Waals surface area contributed by atoms with Crippen molar-refractivity contribution in [1.29, 1.82) is 0 Å². The molecule has 0 aliphatic rings. The Morgan fingerprint density at radius 1 is 1.44 bits per heavy atom. The van der Waals surface area contributed by atoms with Gasteiger partial charge in [0.2, 0.25) is 0 Å². The third-order valence-corrected chi connectivity index (χ3v) is 3.15. The first-order valence-corrected chi connectivity index (χ1v) is 5.84. The summed E-state index contributed by atoms with van der Waals surface area (Å²) in [5, 5.41) is 18.3. The van der Waals surface area contributed by atoms with Crippen LogP contribution in [0.15, 0.2) is 24.4 Å². The van der Waals surface area contributed by atoms with Crippen LogP contribution in [-0.2, 0) is 12.1 Å². The van der Waals surface area contributed by atoms with Crippen molar-refractivity contribution in [2.75, 3.05) is 0 Å². The molecule has 0 spiro atoms. The van der Waals surface area contributed by atoms with E-state index in [4.69, 9.17) is 0 Å². The summed E-state index contributed by atoms with van der Waals surface area (Å²) in [6, 6.07) is 4.72. The van der Waals surface area contributed by atoms with Crippen molar-refractivity contribution in [1.82, 2.24) is 15.0 Å². The summed E-state index contributed by atoms with van der Waals surface area (Å²) < 4.78 is 15.2. The van der Waals surface area contributed by atoms with Gasteiger partial charge in [-0.05, 0) is 38.0 Å². The lowest BCUT2D eigenvalue weighted by atomic mass is 9.92. The summed E-state index contributed by atoms with van der Waals surface area (Å²) in [7, 11) is 0. The van der Waals surface area contributed by atoms with Gasteiger partial charge in [-0.15, -0.1) is 5.10 Å². The van der Waals surface area contributed by atoms with E-state index in [1.165, 1.54) is 12.3 Å². The average Bonchev–Trinajstić information content (AvgIpc) is 2.81. The van der Waals surface area contributed by atoms with E-state index in [0.717, 1.165) is 0 Å². The first-order valence-electron chi connectivity index (χ1n) is 5.84. The molecule has 1 N–H and O–H groups in total. The molecule has 1 aromatic heterocycles. The molecule has 2 rings (SSSR count). The molecular weight excluding hydrogens is 233 g/mol. The quantitative estimate of drug-likeness (QED) is 0.905. The summed E-state index contributed by atoms with van der Waals surface area (Å²) in [6.45, 7) is 5.80. The summed E-state index contributed by atoms with van der Waals surface area (Å²) in [6.07, 6.45) is 1.50. The maximum Gasteiger partial charge on any atom is 0.130 e. The Morgan fingerprint density at radius 2 is 2.17 bits per heavy atom. The van der Waals surface area contributed by atoms with Crippen LogP contribution >= 0.6 is 0 Å². The van der Waals surface area contributed by atoms with Crippen LogP contribution < -0.4 is 0 Å². The summed E-state index contributed by atoms with van der Waals surface area (Å²) in [5.74, 6) is -0.330. The second kappa shape index (κ2) is 4.49. The Balaban J connectivity index is 2.50. The molecule has 0 aliphatic carbocycles. The molecule has 18 heavy (non-hydrogen) atoms. The van der Waals surface area contributed by atoms with Gasteiger partial charge in [-0.3, -0.25) is 0 Å². The number of aromatic nitrogens is 3. The zero-order chi connectivity index (χ0) is 13.3. The number of hydrogen-bond donors (Lipinski definition) is 1. The van der Waals surface area contributed by atoms with Crippen LogP contribution in [0.4, 0.5) is 4.39 Å². The van der Waals surface area contributed by atoms with E-state index in [-0.39, 0.29) is 5.82 Å². The van der Waals surface area contributed by atoms with Crippen LogP contribution in [0.3, 0.4) is 0 Å². The molecule has 5 heteroatoms. The number of aryl methyl sites for hydroxylation is 2. The Labute approximate surface area is 105 Å². The van der Waals surface area contributed by atoms with Crippen LogP contribution in [0, 0.1) is 12.7 Å². The molecule has 1 aromatic carbocycles. The first-order chi connectivity index (χ1) is 8.46. The first kappa shape index (κ1) is 12.7. The second-order valence-electron chi connectivity index (χ2n) is 4.47. The third-order valence-electron chi connectivity index (χ3n) is 3.15. The maximum absolute atomic E-state index is 13.6. The highest BCUT2D eigenvalue weighted by atomic mass is 19.1. The van der Waals surface area contributed by atoms with Crippen LogP contribution in [0.1, 0.15) is 30.7 Å². The lowest BCUT2D eigenvalue weighted by Crippen LogP contribution is -2.27. The monoisotopic (exact) mass is 249 g/mol. The zero-order valence-corrected chi connectivity index (χ0v) is 10.7. The van der Waals surface area contributed by atoms with Crippen LogP contribution in [0.5, 0.6) is 0 Å². The highest BCUT2D eigenvalue weighted by Crippen LogP contribution is 2.29. The Hall–Kier alpha value is -1.75. The van der Waals surface area contributed by atoms with E-state index in [1.807, 2.05) is 6.92 Å². The number of rotatable bonds is 3. The number of halogens is 1. The zero-order valence-electron chi connectivity index (χ0n) is 10.7. The van der Waals surface area contributed by atoms with Crippen molar-refractivity contribution >= 4 is 0 Å². The van der Waals surface area contributed by atoms with Gasteiger partial charge in [0, 0.05) is 6.54 Å².